The summed E-state index contributed by atoms with van der Waals surface area (Å²) in [4.78, 5) is 13.6. The maximum Gasteiger partial charge on any atom is 0.337 e. The molecule has 1 fully saturated rings. The third kappa shape index (κ3) is 2.58. The maximum atomic E-state index is 11.1. The number of rotatable bonds is 6. The number of likely N-dealkylation sites (N-methyl/N-ethyl adjacent to an activating group) is 1. The summed E-state index contributed by atoms with van der Waals surface area (Å²) in [5.74, 6) is -0.830. The van der Waals surface area contributed by atoms with Crippen molar-refractivity contribution in [1.29, 1.82) is 0 Å². The molecular weight excluding hydrogens is 228 g/mol. The smallest absolute Gasteiger partial charge is 0.337 e. The fourth-order valence-electron chi connectivity index (χ4n) is 2.63. The first-order valence-electron chi connectivity index (χ1n) is 6.68. The molecule has 0 radical (unpaired) electrons. The van der Waals surface area contributed by atoms with E-state index in [0.717, 1.165) is 37.1 Å². The minimum absolute atomic E-state index is 0.432. The standard InChI is InChI=1S/C14H22N2O2/c1-4-15(12-5-6-12)7-8-16-10(2)9-13(11(16)3)14(17)18/h9,12H,4-8H2,1-3H3,(H,17,18). The molecule has 100 valence electrons. The van der Waals surface area contributed by atoms with Gasteiger partial charge in [-0.1, -0.05) is 6.92 Å². The van der Waals surface area contributed by atoms with Crippen molar-refractivity contribution in [3.05, 3.63) is 23.0 Å². The predicted octanol–water partition coefficient (Wildman–Crippen LogP) is 2.29. The van der Waals surface area contributed by atoms with Crippen LogP contribution < -0.4 is 0 Å². The van der Waals surface area contributed by atoms with Gasteiger partial charge in [-0.15, -0.1) is 0 Å². The second-order valence-electron chi connectivity index (χ2n) is 5.10. The van der Waals surface area contributed by atoms with Crippen LogP contribution in [0.25, 0.3) is 0 Å². The summed E-state index contributed by atoms with van der Waals surface area (Å²) in [5.41, 5.74) is 2.34. The average molecular weight is 250 g/mol. The highest BCUT2D eigenvalue weighted by Crippen LogP contribution is 2.26. The molecule has 1 aliphatic rings. The Morgan fingerprint density at radius 1 is 1.50 bits per heavy atom. The zero-order valence-electron chi connectivity index (χ0n) is 11.4. The number of nitrogens with zero attached hydrogens (tertiary/aromatic N) is 2. The van der Waals surface area contributed by atoms with Crippen LogP contribution in [0.15, 0.2) is 6.07 Å². The lowest BCUT2D eigenvalue weighted by atomic mass is 10.2. The molecule has 0 saturated heterocycles. The molecule has 1 heterocycles. The van der Waals surface area contributed by atoms with Crippen LogP contribution in [0.1, 0.15) is 41.5 Å². The van der Waals surface area contributed by atoms with E-state index in [1.54, 1.807) is 6.07 Å². The number of hydrogen-bond acceptors (Lipinski definition) is 2. The maximum absolute atomic E-state index is 11.1. The van der Waals surface area contributed by atoms with Gasteiger partial charge in [0, 0.05) is 30.5 Å². The van der Waals surface area contributed by atoms with Gasteiger partial charge < -0.3 is 9.67 Å². The highest BCUT2D eigenvalue weighted by Gasteiger charge is 2.27. The fraction of sp³-hybridized carbons (Fsp3) is 0.643. The Morgan fingerprint density at radius 3 is 2.61 bits per heavy atom. The molecule has 4 heteroatoms. The van der Waals surface area contributed by atoms with Crippen molar-refractivity contribution in [2.45, 2.75) is 46.2 Å². The van der Waals surface area contributed by atoms with Crippen LogP contribution in [0.2, 0.25) is 0 Å². The van der Waals surface area contributed by atoms with Gasteiger partial charge in [-0.3, -0.25) is 4.90 Å². The summed E-state index contributed by atoms with van der Waals surface area (Å²) in [6.45, 7) is 9.04. The van der Waals surface area contributed by atoms with Crippen molar-refractivity contribution >= 4 is 5.97 Å². The van der Waals surface area contributed by atoms with Crippen molar-refractivity contribution in [1.82, 2.24) is 9.47 Å². The second kappa shape index (κ2) is 5.14. The number of carboxylic acid groups (broad SMARTS) is 1. The molecule has 1 N–H and O–H groups in total. The van der Waals surface area contributed by atoms with Crippen molar-refractivity contribution in [2.75, 3.05) is 13.1 Å². The molecule has 0 aliphatic heterocycles. The van der Waals surface area contributed by atoms with Crippen molar-refractivity contribution in [3.8, 4) is 0 Å². The molecule has 18 heavy (non-hydrogen) atoms. The van der Waals surface area contributed by atoms with Gasteiger partial charge in [0.25, 0.3) is 0 Å². The number of hydrogen-bond donors (Lipinski definition) is 1. The highest BCUT2D eigenvalue weighted by atomic mass is 16.4. The third-order valence-corrected chi connectivity index (χ3v) is 3.88. The van der Waals surface area contributed by atoms with Gasteiger partial charge in [-0.2, -0.15) is 0 Å². The molecule has 0 unspecified atom stereocenters. The molecule has 2 rings (SSSR count). The van der Waals surface area contributed by atoms with Gasteiger partial charge in [-0.05, 0) is 39.3 Å². The van der Waals surface area contributed by atoms with Gasteiger partial charge in [-0.25, -0.2) is 4.79 Å². The van der Waals surface area contributed by atoms with Crippen molar-refractivity contribution < 1.29 is 9.90 Å². The van der Waals surface area contributed by atoms with Crippen molar-refractivity contribution in [2.24, 2.45) is 0 Å². The van der Waals surface area contributed by atoms with Crippen LogP contribution >= 0.6 is 0 Å². The predicted molar refractivity (Wildman–Crippen MR) is 71.1 cm³/mol. The highest BCUT2D eigenvalue weighted by molar-refractivity contribution is 5.89. The SMILES string of the molecule is CCN(CCn1c(C)cc(C(=O)O)c1C)C1CC1. The Morgan fingerprint density at radius 2 is 2.17 bits per heavy atom. The zero-order chi connectivity index (χ0) is 13.3. The molecule has 0 amide bonds. The van der Waals surface area contributed by atoms with E-state index in [1.807, 2.05) is 13.8 Å². The summed E-state index contributed by atoms with van der Waals surface area (Å²) in [7, 11) is 0. The average Bonchev–Trinajstić information content (AvgIpc) is 3.10. The van der Waals surface area contributed by atoms with Gasteiger partial charge in [0.15, 0.2) is 0 Å². The number of aromatic nitrogens is 1. The first-order valence-corrected chi connectivity index (χ1v) is 6.68. The number of aryl methyl sites for hydroxylation is 1. The van der Waals surface area contributed by atoms with Crippen LogP contribution in [0, 0.1) is 13.8 Å². The molecule has 1 aliphatic carbocycles. The first-order chi connectivity index (χ1) is 8.54. The Hall–Kier alpha value is -1.29. The molecule has 0 bridgehead atoms. The minimum atomic E-state index is -0.830. The molecule has 0 spiro atoms. The molecule has 0 aromatic carbocycles. The van der Waals surface area contributed by atoms with Crippen LogP contribution in [0.3, 0.4) is 0 Å². The zero-order valence-corrected chi connectivity index (χ0v) is 11.4. The molecule has 0 atom stereocenters. The van der Waals surface area contributed by atoms with E-state index < -0.39 is 5.97 Å². The van der Waals surface area contributed by atoms with Gasteiger partial charge in [0.05, 0.1) is 5.56 Å². The lowest BCUT2D eigenvalue weighted by Gasteiger charge is -2.21. The van der Waals surface area contributed by atoms with Gasteiger partial charge >= 0.3 is 5.97 Å². The van der Waals surface area contributed by atoms with E-state index in [-0.39, 0.29) is 0 Å². The van der Waals surface area contributed by atoms with E-state index in [2.05, 4.69) is 16.4 Å². The molecule has 1 aromatic heterocycles. The Kier molecular flexibility index (Phi) is 3.76. The lowest BCUT2D eigenvalue weighted by Crippen LogP contribution is -2.29. The van der Waals surface area contributed by atoms with E-state index >= 15 is 0 Å². The second-order valence-corrected chi connectivity index (χ2v) is 5.10. The monoisotopic (exact) mass is 250 g/mol. The lowest BCUT2D eigenvalue weighted by molar-refractivity contribution is 0.0696. The number of carboxylic acids is 1. The van der Waals surface area contributed by atoms with E-state index in [9.17, 15) is 4.79 Å². The van der Waals surface area contributed by atoms with E-state index in [1.165, 1.54) is 12.8 Å². The quantitative estimate of drug-likeness (QED) is 0.842. The number of carbonyl (C=O) groups is 1. The summed E-state index contributed by atoms with van der Waals surface area (Å²) >= 11 is 0. The molecule has 1 saturated carbocycles. The topological polar surface area (TPSA) is 45.5 Å². The van der Waals surface area contributed by atoms with Crippen LogP contribution in [-0.2, 0) is 6.54 Å². The Bertz CT molecular complexity index is 447. The molecule has 1 aromatic rings. The Balaban J connectivity index is 2.06. The summed E-state index contributed by atoms with van der Waals surface area (Å²) in [6, 6.07) is 2.54. The van der Waals surface area contributed by atoms with Crippen LogP contribution in [0.4, 0.5) is 0 Å². The van der Waals surface area contributed by atoms with Gasteiger partial charge in [0.2, 0.25) is 0 Å². The summed E-state index contributed by atoms with van der Waals surface area (Å²) in [5, 5.41) is 9.10. The van der Waals surface area contributed by atoms with E-state index in [4.69, 9.17) is 5.11 Å². The largest absolute Gasteiger partial charge is 0.478 e. The number of aromatic carboxylic acids is 1. The van der Waals surface area contributed by atoms with Crippen molar-refractivity contribution in [3.63, 3.8) is 0 Å². The van der Waals surface area contributed by atoms with Gasteiger partial charge in [0.1, 0.15) is 0 Å². The first kappa shape index (κ1) is 13.1. The third-order valence-electron chi connectivity index (χ3n) is 3.88. The Labute approximate surface area is 108 Å². The van der Waals surface area contributed by atoms with Crippen LogP contribution in [0.5, 0.6) is 0 Å². The minimum Gasteiger partial charge on any atom is -0.478 e. The van der Waals surface area contributed by atoms with Crippen LogP contribution in [-0.4, -0.2) is 39.7 Å². The molecular formula is C14H22N2O2. The molecule has 4 nitrogen and oxygen atoms in total. The normalized spacial score (nSPS) is 15.3. The summed E-state index contributed by atoms with van der Waals surface area (Å²) < 4.78 is 2.12. The van der Waals surface area contributed by atoms with E-state index in [0.29, 0.717) is 5.56 Å². The summed E-state index contributed by atoms with van der Waals surface area (Å²) in [6.07, 6.45) is 2.63. The fourth-order valence-corrected chi connectivity index (χ4v) is 2.63.